The molecule has 61 valence electrons. The van der Waals surface area contributed by atoms with Crippen molar-refractivity contribution in [3.05, 3.63) is 20.2 Å². The van der Waals surface area contributed by atoms with Crippen LogP contribution in [0.2, 0.25) is 0 Å². The van der Waals surface area contributed by atoms with Crippen LogP contribution in [0.4, 0.5) is 0 Å². The SMILES string of the molecule is OCC[N-]CCO.[CH3-].[CH3-].[Ce+3]. The van der Waals surface area contributed by atoms with Gasteiger partial charge in [0, 0.05) is 13.2 Å². The zero-order valence-electron chi connectivity index (χ0n) is 6.67. The molecule has 0 aliphatic carbocycles. The molecule has 0 heterocycles. The number of aliphatic hydroxyl groups excluding tert-OH is 2. The average Bonchev–Trinajstić information content (AvgIpc) is 1.69. The van der Waals surface area contributed by atoms with Crippen molar-refractivity contribution in [1.82, 2.24) is 0 Å². The van der Waals surface area contributed by atoms with Gasteiger partial charge in [-0.05, 0) is 0 Å². The quantitative estimate of drug-likeness (QED) is 0.570. The second kappa shape index (κ2) is 22.5. The van der Waals surface area contributed by atoms with E-state index in [0.717, 1.165) is 0 Å². The van der Waals surface area contributed by atoms with E-state index in [4.69, 9.17) is 10.2 Å². The Hall–Kier alpha value is 1.26. The van der Waals surface area contributed by atoms with Gasteiger partial charge in [-0.25, -0.2) is 0 Å². The fourth-order valence-electron chi connectivity index (χ4n) is 0.253. The van der Waals surface area contributed by atoms with Gasteiger partial charge >= 0.3 is 41.7 Å². The fourth-order valence-corrected chi connectivity index (χ4v) is 0.253. The van der Waals surface area contributed by atoms with Gasteiger partial charge < -0.3 is 30.4 Å². The summed E-state index contributed by atoms with van der Waals surface area (Å²) in [5, 5.41) is 19.9. The first-order valence-corrected chi connectivity index (χ1v) is 2.26. The van der Waals surface area contributed by atoms with Crippen LogP contribution in [0.15, 0.2) is 0 Å². The number of hydrogen-bond donors (Lipinski definition) is 2. The van der Waals surface area contributed by atoms with E-state index < -0.39 is 0 Å². The topological polar surface area (TPSA) is 54.6 Å². The van der Waals surface area contributed by atoms with Gasteiger partial charge in [0.1, 0.15) is 0 Å². The van der Waals surface area contributed by atoms with Crippen molar-refractivity contribution in [2.75, 3.05) is 26.3 Å². The number of nitrogens with zero attached hydrogens (tertiary/aromatic N) is 1. The van der Waals surface area contributed by atoms with Crippen LogP contribution in [0.25, 0.3) is 5.32 Å². The summed E-state index contributed by atoms with van der Waals surface area (Å²) in [6.07, 6.45) is 0. The van der Waals surface area contributed by atoms with Crippen molar-refractivity contribution < 1.29 is 52.0 Å². The van der Waals surface area contributed by atoms with Gasteiger partial charge in [-0.2, -0.15) is 0 Å². The zero-order valence-corrected chi connectivity index (χ0v) is 9.81. The van der Waals surface area contributed by atoms with Crippen molar-refractivity contribution in [3.63, 3.8) is 0 Å². The summed E-state index contributed by atoms with van der Waals surface area (Å²) in [5.74, 6) is 0. The van der Waals surface area contributed by atoms with E-state index in [1.807, 2.05) is 0 Å². The Morgan fingerprint density at radius 3 is 1.40 bits per heavy atom. The summed E-state index contributed by atoms with van der Waals surface area (Å²) in [6.45, 7) is 1.06. The Kier molecular flexibility index (Phi) is 50.5. The van der Waals surface area contributed by atoms with Gasteiger partial charge in [-0.1, -0.05) is 0 Å². The molecule has 3 nitrogen and oxygen atoms in total. The summed E-state index contributed by atoms with van der Waals surface area (Å²) >= 11 is 0. The van der Waals surface area contributed by atoms with Crippen LogP contribution in [0.1, 0.15) is 0 Å². The van der Waals surface area contributed by atoms with Crippen molar-refractivity contribution in [2.45, 2.75) is 0 Å². The molecule has 0 fully saturated rings. The van der Waals surface area contributed by atoms with Crippen LogP contribution < -0.4 is 0 Å². The van der Waals surface area contributed by atoms with Crippen molar-refractivity contribution in [2.24, 2.45) is 0 Å². The monoisotopic (exact) mass is 274 g/mol. The molecule has 0 saturated heterocycles. The molecule has 0 saturated carbocycles. The Morgan fingerprint density at radius 2 is 1.20 bits per heavy atom. The minimum absolute atomic E-state index is 0. The maximum absolute atomic E-state index is 8.12. The molecule has 1 radical (unpaired) electrons. The van der Waals surface area contributed by atoms with Crippen LogP contribution in [0.3, 0.4) is 0 Å². The maximum atomic E-state index is 8.12. The summed E-state index contributed by atoms with van der Waals surface area (Å²) < 4.78 is 0. The van der Waals surface area contributed by atoms with Gasteiger partial charge in [0.25, 0.3) is 0 Å². The molecule has 0 aliphatic heterocycles. The summed E-state index contributed by atoms with van der Waals surface area (Å²) in [4.78, 5) is 0. The first kappa shape index (κ1) is 22.5. The Bertz CT molecular complexity index is 34.9. The molecule has 0 aromatic heterocycles. The van der Waals surface area contributed by atoms with Crippen LogP contribution in [-0.2, 0) is 0 Å². The molecular weight excluding hydrogens is 258 g/mol. The molecule has 10 heavy (non-hydrogen) atoms. The van der Waals surface area contributed by atoms with Crippen molar-refractivity contribution >= 4 is 0 Å². The number of hydrogen-bond acceptors (Lipinski definition) is 2. The van der Waals surface area contributed by atoms with Gasteiger partial charge in [0.05, 0.1) is 0 Å². The van der Waals surface area contributed by atoms with Crippen LogP contribution in [-0.4, -0.2) is 36.5 Å². The first-order valence-electron chi connectivity index (χ1n) is 2.26. The van der Waals surface area contributed by atoms with Gasteiger partial charge in [-0.15, -0.1) is 13.1 Å². The number of rotatable bonds is 4. The van der Waals surface area contributed by atoms with Crippen LogP contribution >= 0.6 is 0 Å². The van der Waals surface area contributed by atoms with Crippen molar-refractivity contribution in [3.8, 4) is 0 Å². The number of aliphatic hydroxyl groups is 2. The van der Waals surface area contributed by atoms with E-state index in [9.17, 15) is 0 Å². The fraction of sp³-hybridized carbons (Fsp3) is 0.667. The first-order chi connectivity index (χ1) is 3.41. The molecule has 0 rings (SSSR count). The Labute approximate surface area is 97.6 Å². The van der Waals surface area contributed by atoms with Gasteiger partial charge in [0.2, 0.25) is 0 Å². The van der Waals surface area contributed by atoms with E-state index in [1.165, 1.54) is 0 Å². The van der Waals surface area contributed by atoms with Crippen LogP contribution in [0, 0.1) is 56.6 Å². The Balaban J connectivity index is -0.0000000600. The molecule has 0 atom stereocenters. The zero-order chi connectivity index (χ0) is 5.54. The second-order valence-corrected chi connectivity index (χ2v) is 1.12. The van der Waals surface area contributed by atoms with Gasteiger partial charge in [-0.3, -0.25) is 0 Å². The van der Waals surface area contributed by atoms with E-state index >= 15 is 0 Å². The van der Waals surface area contributed by atoms with E-state index in [0.29, 0.717) is 13.1 Å². The smallest absolute Gasteiger partial charge is 0.659 e. The molecule has 0 unspecified atom stereocenters. The van der Waals surface area contributed by atoms with E-state index in [1.54, 1.807) is 0 Å². The molecule has 0 aliphatic rings. The molecule has 4 heteroatoms. The average molecular weight is 274 g/mol. The maximum Gasteiger partial charge on any atom is 3.00 e. The van der Waals surface area contributed by atoms with Crippen LogP contribution in [0.5, 0.6) is 0 Å². The van der Waals surface area contributed by atoms with Crippen molar-refractivity contribution in [1.29, 1.82) is 0 Å². The minimum atomic E-state index is 0. The summed E-state index contributed by atoms with van der Waals surface area (Å²) in [7, 11) is 0. The molecule has 0 bridgehead atoms. The Morgan fingerprint density at radius 1 is 0.900 bits per heavy atom. The second-order valence-electron chi connectivity index (χ2n) is 1.12. The third-order valence-corrected chi connectivity index (χ3v) is 0.516. The standard InChI is InChI=1S/C4H10NO2.2CH3.Ce/c6-3-1-5-2-4-7;;;/h6-7H,1-4H2;2*1H3;/q3*-1;+3. The van der Waals surface area contributed by atoms with E-state index in [2.05, 4.69) is 5.32 Å². The minimum Gasteiger partial charge on any atom is -0.659 e. The van der Waals surface area contributed by atoms with E-state index in [-0.39, 0.29) is 69.8 Å². The summed E-state index contributed by atoms with van der Waals surface area (Å²) in [5.41, 5.74) is 0. The molecule has 0 aromatic rings. The third-order valence-electron chi connectivity index (χ3n) is 0.516. The largest absolute Gasteiger partial charge is 3.00 e. The predicted molar refractivity (Wildman–Crippen MR) is 40.1 cm³/mol. The molecular formula is C6H16CeNO2. The molecule has 0 amide bonds. The third kappa shape index (κ3) is 22.8. The molecule has 0 aromatic carbocycles. The summed E-state index contributed by atoms with van der Waals surface area (Å²) in [6, 6.07) is 0. The molecule has 2 N–H and O–H groups in total. The predicted octanol–water partition coefficient (Wildman–Crippen LogP) is 0.245. The normalized spacial score (nSPS) is 6.60. The molecule has 0 spiro atoms. The van der Waals surface area contributed by atoms with Gasteiger partial charge in [0.15, 0.2) is 0 Å².